The Hall–Kier alpha value is -11.3. The van der Waals surface area contributed by atoms with E-state index in [1.165, 1.54) is 45.6 Å². The Morgan fingerprint density at radius 1 is 0.466 bits per heavy atom. The van der Waals surface area contributed by atoms with Gasteiger partial charge in [-0.05, 0) is 141 Å². The van der Waals surface area contributed by atoms with Gasteiger partial charge in [0.15, 0.2) is 34.7 Å². The first-order chi connectivity index (χ1) is 49.4. The van der Waals surface area contributed by atoms with E-state index in [1.807, 2.05) is 135 Å². The molecule has 0 spiro atoms. The number of fused-ring (bicyclic) bond motifs is 3. The third kappa shape index (κ3) is 15.9. The lowest BCUT2D eigenvalue weighted by Crippen LogP contribution is -2.36. The molecule has 532 valence electrons. The number of benzene rings is 7. The van der Waals surface area contributed by atoms with Crippen molar-refractivity contribution in [3.05, 3.63) is 238 Å². The molecule has 3 heterocycles. The number of aryl methyl sites for hydroxylation is 2. The Morgan fingerprint density at radius 2 is 0.825 bits per heavy atom. The summed E-state index contributed by atoms with van der Waals surface area (Å²) >= 11 is 0. The smallest absolute Gasteiger partial charge is 0.310 e. The van der Waals surface area contributed by atoms with Crippen molar-refractivity contribution >= 4 is 68.2 Å². The van der Waals surface area contributed by atoms with E-state index in [4.69, 9.17) is 34.8 Å². The van der Waals surface area contributed by atoms with Crippen molar-refractivity contribution in [2.45, 2.75) is 78.6 Å². The van der Waals surface area contributed by atoms with Crippen molar-refractivity contribution in [3.8, 4) is 28.5 Å². The predicted octanol–water partition coefficient (Wildman–Crippen LogP) is 11.8. The summed E-state index contributed by atoms with van der Waals surface area (Å²) in [4.78, 5) is 89.6. The Balaban J connectivity index is 0.000000156. The average Bonchev–Trinajstić information content (AvgIpc) is 1.58. The number of aromatic nitrogens is 3. The largest absolute Gasteiger partial charge is 0.486 e. The van der Waals surface area contributed by atoms with E-state index in [2.05, 4.69) is 9.97 Å². The number of nitrogens with one attached hydrogen (secondary N) is 3. The highest BCUT2D eigenvalue weighted by molar-refractivity contribution is 5.97. The lowest BCUT2D eigenvalue weighted by molar-refractivity contribution is -0.146. The van der Waals surface area contributed by atoms with Crippen LogP contribution in [0.4, 0.5) is 13.2 Å². The average molecular weight is 1400 g/mol. The molecule has 6 atom stereocenters. The fourth-order valence-corrected chi connectivity index (χ4v) is 13.7. The summed E-state index contributed by atoms with van der Waals surface area (Å²) in [6.45, 7) is 4.39. The van der Waals surface area contributed by atoms with Gasteiger partial charge in [-0.2, -0.15) is 0 Å². The zero-order valence-electron chi connectivity index (χ0n) is 57.4. The van der Waals surface area contributed by atoms with Crippen molar-refractivity contribution in [1.29, 1.82) is 0 Å². The van der Waals surface area contributed by atoms with Crippen LogP contribution in [0.25, 0.3) is 44.0 Å². The normalized spacial score (nSPS) is 18.9. The maximum absolute atomic E-state index is 15.1. The molecule has 0 unspecified atom stereocenters. The summed E-state index contributed by atoms with van der Waals surface area (Å²) < 4.78 is 62.2. The van der Waals surface area contributed by atoms with E-state index < -0.39 is 75.1 Å². The summed E-state index contributed by atoms with van der Waals surface area (Å²) in [5.74, 6) is -7.20. The van der Waals surface area contributed by atoms with Crippen LogP contribution in [0.5, 0.6) is 17.2 Å². The molecule has 24 heteroatoms. The number of aliphatic carboxylic acids is 1. The number of rotatable bonds is 23. The minimum absolute atomic E-state index is 0.0214. The maximum atomic E-state index is 15.1. The third-order valence-electron chi connectivity index (χ3n) is 19.3. The van der Waals surface area contributed by atoms with Gasteiger partial charge in [-0.25, -0.2) is 34.6 Å². The van der Waals surface area contributed by atoms with Crippen LogP contribution in [0.3, 0.4) is 0 Å². The molecule has 0 radical (unpaired) electrons. The van der Waals surface area contributed by atoms with Crippen molar-refractivity contribution in [3.63, 3.8) is 0 Å². The number of carbonyl (C=O) groups is 6. The van der Waals surface area contributed by atoms with Gasteiger partial charge < -0.3 is 29.1 Å². The zero-order valence-corrected chi connectivity index (χ0v) is 57.4. The molecule has 3 saturated carbocycles. The van der Waals surface area contributed by atoms with E-state index in [1.54, 1.807) is 63.4 Å². The lowest BCUT2D eigenvalue weighted by Gasteiger charge is -2.21. The summed E-state index contributed by atoms with van der Waals surface area (Å²) in [7, 11) is 6.44. The Bertz CT molecular complexity index is 4890. The van der Waals surface area contributed by atoms with Crippen molar-refractivity contribution in [1.82, 2.24) is 41.2 Å². The van der Waals surface area contributed by atoms with Crippen LogP contribution in [0.1, 0.15) is 71.0 Å². The van der Waals surface area contributed by atoms with Crippen LogP contribution in [-0.2, 0) is 74.3 Å². The van der Waals surface area contributed by atoms with Gasteiger partial charge in [0.1, 0.15) is 19.8 Å². The fraction of sp³-hybridized carbons (Fsp3) is 0.278. The number of pyridine rings is 3. The molecule has 0 bridgehead atoms. The van der Waals surface area contributed by atoms with Crippen LogP contribution in [0.2, 0.25) is 0 Å². The molecule has 10 aromatic rings. The van der Waals surface area contributed by atoms with Crippen LogP contribution in [0, 0.1) is 58.4 Å². The number of para-hydroxylation sites is 3. The van der Waals surface area contributed by atoms with Crippen molar-refractivity contribution in [2.24, 2.45) is 34.0 Å². The van der Waals surface area contributed by atoms with Gasteiger partial charge in [-0.15, -0.1) is 0 Å². The molecule has 13 rings (SSSR count). The molecule has 0 saturated heterocycles. The van der Waals surface area contributed by atoms with E-state index in [0.29, 0.717) is 23.1 Å². The topological polar surface area (TPSA) is 292 Å². The number of hydrogen-bond donors (Lipinski definition) is 7. The Morgan fingerprint density at radius 3 is 1.22 bits per heavy atom. The van der Waals surface area contributed by atoms with Crippen LogP contribution < -0.4 is 30.7 Å². The molecular weight excluding hydrogens is 1330 g/mol. The second-order valence-electron chi connectivity index (χ2n) is 26.7. The van der Waals surface area contributed by atoms with Crippen molar-refractivity contribution in [2.75, 3.05) is 28.2 Å². The molecule has 0 aliphatic heterocycles. The maximum Gasteiger partial charge on any atom is 0.310 e. The van der Waals surface area contributed by atoms with Crippen molar-refractivity contribution < 1.29 is 76.9 Å². The molecule has 3 aliphatic rings. The number of ether oxygens (including phenoxy) is 3. The molecular formula is C79H77F3N8O13. The SMILES string of the molecule is CCc1cc(COc2ccc(C[C@]3(C(=O)O)C[C@@H]3C(=O)NO)cc2F)c2ccccc2n1.CN(C)C(=O)[C@@]1(Cc2ccc(OCc3cc(-c4ccccc4)nc4ccccc34)c(F)c2)C[C@@H]1C(=O)NO.Cc1cc(COc2ccc(C[C@]3(C(=O)N(C)C)C[C@@H]3C(=O)NO)cc2F)c2ccccc2n1. The van der Waals surface area contributed by atoms with Crippen LogP contribution in [-0.4, -0.2) is 109 Å². The number of carboxylic acids is 1. The second kappa shape index (κ2) is 30.9. The first kappa shape index (κ1) is 72.9. The summed E-state index contributed by atoms with van der Waals surface area (Å²) in [6, 6.07) is 52.3. The number of hydroxylamine groups is 3. The van der Waals surface area contributed by atoms with E-state index in [-0.39, 0.29) is 81.0 Å². The second-order valence-corrected chi connectivity index (χ2v) is 26.7. The van der Waals surface area contributed by atoms with Gasteiger partial charge in [-0.3, -0.25) is 54.4 Å². The molecule has 3 fully saturated rings. The number of hydrogen-bond acceptors (Lipinski definition) is 15. The first-order valence-corrected chi connectivity index (χ1v) is 33.3. The van der Waals surface area contributed by atoms with Gasteiger partial charge in [-0.1, -0.05) is 110 Å². The van der Waals surface area contributed by atoms with E-state index >= 15 is 4.39 Å². The quantitative estimate of drug-likeness (QED) is 0.0231. The highest BCUT2D eigenvalue weighted by Gasteiger charge is 2.65. The molecule has 21 nitrogen and oxygen atoms in total. The lowest BCUT2D eigenvalue weighted by atomic mass is 9.92. The number of carbonyl (C=O) groups excluding carboxylic acids is 5. The van der Waals surface area contributed by atoms with E-state index in [0.717, 1.165) is 78.5 Å². The van der Waals surface area contributed by atoms with Gasteiger partial charge in [0.25, 0.3) is 0 Å². The molecule has 7 aromatic carbocycles. The number of carboxylic acid groups (broad SMARTS) is 1. The third-order valence-corrected chi connectivity index (χ3v) is 19.3. The minimum atomic E-state index is -1.34. The molecule has 3 aliphatic carbocycles. The van der Waals surface area contributed by atoms with Gasteiger partial charge in [0, 0.05) is 78.0 Å². The first-order valence-electron chi connectivity index (χ1n) is 33.3. The Labute approximate surface area is 591 Å². The van der Waals surface area contributed by atoms with E-state index in [9.17, 15) is 42.7 Å². The van der Waals surface area contributed by atoms with Gasteiger partial charge >= 0.3 is 5.97 Å². The molecule has 3 aromatic heterocycles. The fourth-order valence-electron chi connectivity index (χ4n) is 13.7. The number of nitrogens with zero attached hydrogens (tertiary/aromatic N) is 5. The highest BCUT2D eigenvalue weighted by atomic mass is 19.1. The summed E-state index contributed by atoms with van der Waals surface area (Å²) in [6.07, 6.45) is 1.78. The van der Waals surface area contributed by atoms with Crippen LogP contribution >= 0.6 is 0 Å². The number of halogens is 3. The molecule has 5 amide bonds. The monoisotopic (exact) mass is 1400 g/mol. The standard InChI is InChI=1S/C30H28FN3O4.C25H26FN3O4.C24H23FN2O5/c1-34(2)29(36)30(17-23(30)28(35)33-37)16-19-12-13-27(24(31)14-19)38-18-21-15-26(20-8-4-3-5-9-20)32-25-11-7-6-10-22(21)25;1-15-10-17(18-6-4-5-7-21(18)27-15)14-33-22-9-8-16(11-20(22)26)12-25(24(31)29(2)3)13-19(25)23(30)28-32;1-2-16-10-15(17-5-3-4-6-20(17)26-16)13-32-21-8-7-14(9-19(21)25)11-24(23(29)30)12-18(24)22(28)27-31/h3-15,23,37H,16-18H2,1-2H3,(H,33,35);4-11,19,32H,12-14H2,1-3H3,(H,28,30);3-10,18,31H,2,11-13H2,1H3,(H,27,28)(H,29,30)/t23-,30+;19-,25+;18-,24+/m111/s1. The molecule has 7 N–H and O–H groups in total. The van der Waals surface area contributed by atoms with Gasteiger partial charge in [0.05, 0.1) is 56.2 Å². The Kier molecular flexibility index (Phi) is 21.8. The summed E-state index contributed by atoms with van der Waals surface area (Å²) in [5.41, 5.74) is 11.8. The predicted molar refractivity (Wildman–Crippen MR) is 375 cm³/mol. The number of amides is 5. The highest BCUT2D eigenvalue weighted by Crippen LogP contribution is 2.58. The van der Waals surface area contributed by atoms with Gasteiger partial charge in [0.2, 0.25) is 29.5 Å². The zero-order chi connectivity index (χ0) is 73.5. The summed E-state index contributed by atoms with van der Waals surface area (Å²) in [5, 5.41) is 39.2. The molecule has 103 heavy (non-hydrogen) atoms. The van der Waals surface area contributed by atoms with Crippen LogP contribution in [0.15, 0.2) is 176 Å². The minimum Gasteiger partial charge on any atom is -0.486 e.